The van der Waals surface area contributed by atoms with E-state index in [0.29, 0.717) is 5.89 Å². The van der Waals surface area contributed by atoms with Gasteiger partial charge in [0.25, 0.3) is 0 Å². The molecule has 0 spiro atoms. The number of ether oxygens (including phenoxy) is 1. The maximum absolute atomic E-state index is 5.66. The fourth-order valence-corrected chi connectivity index (χ4v) is 3.49. The van der Waals surface area contributed by atoms with Crippen molar-refractivity contribution in [2.75, 3.05) is 12.8 Å². The van der Waals surface area contributed by atoms with Crippen LogP contribution in [0, 0.1) is 0 Å². The van der Waals surface area contributed by atoms with Gasteiger partial charge in [0, 0.05) is 22.9 Å². The molecule has 7 nitrogen and oxygen atoms in total. The molecule has 0 bridgehead atoms. The van der Waals surface area contributed by atoms with Crippen molar-refractivity contribution in [2.24, 2.45) is 0 Å². The lowest BCUT2D eigenvalue weighted by molar-refractivity contribution is 0.415. The van der Waals surface area contributed by atoms with Crippen LogP contribution in [0.2, 0.25) is 0 Å². The molecule has 0 unspecified atom stereocenters. The summed E-state index contributed by atoms with van der Waals surface area (Å²) in [6.07, 6.45) is 2.01. The van der Waals surface area contributed by atoms with Crippen LogP contribution in [0.25, 0.3) is 39.5 Å². The zero-order valence-electron chi connectivity index (χ0n) is 16.8. The second-order valence-electron chi connectivity index (χ2n) is 6.89. The topological polar surface area (TPSA) is 92.0 Å². The Morgan fingerprint density at radius 1 is 0.806 bits per heavy atom. The average Bonchev–Trinajstić information content (AvgIpc) is 3.46. The smallest absolute Gasteiger partial charge is 0.313 e. The molecule has 0 fully saturated rings. The molecule has 3 aromatic carbocycles. The van der Waals surface area contributed by atoms with E-state index in [4.69, 9.17) is 20.0 Å². The van der Waals surface area contributed by atoms with Crippen LogP contribution in [0.1, 0.15) is 0 Å². The van der Waals surface area contributed by atoms with Crippen molar-refractivity contribution in [1.29, 1.82) is 0 Å². The molecule has 0 saturated heterocycles. The van der Waals surface area contributed by atoms with Gasteiger partial charge in [-0.2, -0.15) is 5.10 Å². The Kier molecular flexibility index (Phi) is 4.68. The van der Waals surface area contributed by atoms with Crippen LogP contribution in [0.3, 0.4) is 0 Å². The lowest BCUT2D eigenvalue weighted by Crippen LogP contribution is -1.94. The number of nitrogen functional groups attached to an aromatic ring is 1. The van der Waals surface area contributed by atoms with Gasteiger partial charge < -0.3 is 14.9 Å². The summed E-state index contributed by atoms with van der Waals surface area (Å²) in [5.74, 6) is 1.15. The van der Waals surface area contributed by atoms with Gasteiger partial charge in [0.15, 0.2) is 0 Å². The summed E-state index contributed by atoms with van der Waals surface area (Å²) in [6, 6.07) is 25.7. The van der Waals surface area contributed by atoms with Crippen molar-refractivity contribution in [3.8, 4) is 45.3 Å². The van der Waals surface area contributed by atoms with E-state index in [-0.39, 0.29) is 6.01 Å². The number of anilines is 1. The lowest BCUT2D eigenvalue weighted by atomic mass is 9.97. The van der Waals surface area contributed by atoms with Gasteiger partial charge in [0.2, 0.25) is 5.89 Å². The highest BCUT2D eigenvalue weighted by Crippen LogP contribution is 2.38. The molecule has 152 valence electrons. The summed E-state index contributed by atoms with van der Waals surface area (Å²) < 4.78 is 12.7. The minimum Gasteiger partial charge on any atom is -0.497 e. The van der Waals surface area contributed by atoms with Gasteiger partial charge in [0.05, 0.1) is 12.8 Å². The van der Waals surface area contributed by atoms with Gasteiger partial charge >= 0.3 is 6.01 Å². The van der Waals surface area contributed by atoms with Gasteiger partial charge in [-0.05, 0) is 48.0 Å². The van der Waals surface area contributed by atoms with Crippen molar-refractivity contribution in [1.82, 2.24) is 20.0 Å². The number of para-hydroxylation sites is 1. The van der Waals surface area contributed by atoms with Crippen LogP contribution in [0.15, 0.2) is 89.5 Å². The third kappa shape index (κ3) is 3.53. The Morgan fingerprint density at radius 2 is 1.52 bits per heavy atom. The lowest BCUT2D eigenvalue weighted by Gasteiger charge is -2.07. The zero-order chi connectivity index (χ0) is 21.2. The SMILES string of the molecule is COc1ccc(-c2nn(-c3ccccc3)cc2-c2ccccc2-c2nnc(N)o2)cc1. The molecule has 2 N–H and O–H groups in total. The first-order valence-electron chi connectivity index (χ1n) is 9.71. The van der Waals surface area contributed by atoms with Gasteiger partial charge in [-0.3, -0.25) is 0 Å². The maximum atomic E-state index is 5.66. The minimum absolute atomic E-state index is 0.0279. The van der Waals surface area contributed by atoms with Gasteiger partial charge in [-0.15, -0.1) is 5.10 Å². The molecule has 5 rings (SSSR count). The normalized spacial score (nSPS) is 10.9. The van der Waals surface area contributed by atoms with E-state index in [1.165, 1.54) is 0 Å². The van der Waals surface area contributed by atoms with Crippen molar-refractivity contribution in [3.63, 3.8) is 0 Å². The van der Waals surface area contributed by atoms with Crippen molar-refractivity contribution in [2.45, 2.75) is 0 Å². The molecule has 2 heterocycles. The first kappa shape index (κ1) is 18.6. The third-order valence-corrected chi connectivity index (χ3v) is 4.99. The molecule has 2 aromatic heterocycles. The molecule has 0 saturated carbocycles. The number of benzene rings is 3. The molecule has 0 radical (unpaired) electrons. The Balaban J connectivity index is 1.72. The number of nitrogens with zero attached hydrogens (tertiary/aromatic N) is 4. The highest BCUT2D eigenvalue weighted by atomic mass is 16.5. The predicted octanol–water partition coefficient (Wildman–Crippen LogP) is 4.85. The van der Waals surface area contributed by atoms with Crippen LogP contribution in [0.4, 0.5) is 6.01 Å². The minimum atomic E-state index is 0.0279. The molecule has 31 heavy (non-hydrogen) atoms. The van der Waals surface area contributed by atoms with Gasteiger partial charge in [0.1, 0.15) is 11.4 Å². The number of nitrogens with two attached hydrogens (primary N) is 1. The average molecular weight is 409 g/mol. The number of hydrogen-bond donors (Lipinski definition) is 1. The monoisotopic (exact) mass is 409 g/mol. The van der Waals surface area contributed by atoms with Gasteiger partial charge in [-0.25, -0.2) is 4.68 Å². The first-order valence-corrected chi connectivity index (χ1v) is 9.71. The van der Waals surface area contributed by atoms with E-state index < -0.39 is 0 Å². The van der Waals surface area contributed by atoms with Crippen LogP contribution in [0.5, 0.6) is 5.75 Å². The Morgan fingerprint density at radius 3 is 2.19 bits per heavy atom. The largest absolute Gasteiger partial charge is 0.497 e. The van der Waals surface area contributed by atoms with E-state index in [2.05, 4.69) is 10.2 Å². The van der Waals surface area contributed by atoms with Crippen LogP contribution in [-0.4, -0.2) is 27.1 Å². The summed E-state index contributed by atoms with van der Waals surface area (Å²) in [5.41, 5.74) is 11.0. The molecular weight excluding hydrogens is 390 g/mol. The Labute approximate surface area is 178 Å². The van der Waals surface area contributed by atoms with E-state index in [1.54, 1.807) is 7.11 Å². The van der Waals surface area contributed by atoms with E-state index >= 15 is 0 Å². The summed E-state index contributed by atoms with van der Waals surface area (Å²) in [4.78, 5) is 0. The van der Waals surface area contributed by atoms with E-state index in [9.17, 15) is 0 Å². The molecular formula is C24H19N5O2. The fraction of sp³-hybridized carbons (Fsp3) is 0.0417. The Hall–Kier alpha value is -4.39. The number of rotatable bonds is 5. The second-order valence-corrected chi connectivity index (χ2v) is 6.89. The molecule has 7 heteroatoms. The van der Waals surface area contributed by atoms with Crippen LogP contribution < -0.4 is 10.5 Å². The summed E-state index contributed by atoms with van der Waals surface area (Å²) >= 11 is 0. The quantitative estimate of drug-likeness (QED) is 0.446. The highest BCUT2D eigenvalue weighted by Gasteiger charge is 2.19. The van der Waals surface area contributed by atoms with Crippen molar-refractivity contribution in [3.05, 3.63) is 85.1 Å². The highest BCUT2D eigenvalue weighted by molar-refractivity contribution is 5.88. The standard InChI is InChI=1S/C24H19N5O2/c1-30-18-13-11-16(12-14-18)22-21(15-29(28-22)17-7-3-2-4-8-17)19-9-5-6-10-20(19)23-26-27-24(25)31-23/h2-15H,1H3,(H2,25,27). The van der Waals surface area contributed by atoms with Crippen LogP contribution >= 0.6 is 0 Å². The predicted molar refractivity (Wildman–Crippen MR) is 119 cm³/mol. The summed E-state index contributed by atoms with van der Waals surface area (Å²) in [5, 5.41) is 12.8. The first-order chi connectivity index (χ1) is 15.2. The maximum Gasteiger partial charge on any atom is 0.313 e. The van der Waals surface area contributed by atoms with E-state index in [0.717, 1.165) is 39.4 Å². The van der Waals surface area contributed by atoms with Crippen molar-refractivity contribution >= 4 is 6.01 Å². The molecule has 5 aromatic rings. The van der Waals surface area contributed by atoms with Gasteiger partial charge in [-0.1, -0.05) is 41.5 Å². The fourth-order valence-electron chi connectivity index (χ4n) is 3.49. The molecule has 0 amide bonds. The third-order valence-electron chi connectivity index (χ3n) is 4.99. The molecule has 0 aliphatic heterocycles. The number of aromatic nitrogens is 4. The number of hydrogen-bond acceptors (Lipinski definition) is 6. The zero-order valence-corrected chi connectivity index (χ0v) is 16.8. The Bertz CT molecular complexity index is 1320. The van der Waals surface area contributed by atoms with Crippen molar-refractivity contribution < 1.29 is 9.15 Å². The summed E-state index contributed by atoms with van der Waals surface area (Å²) in [6.45, 7) is 0. The van der Waals surface area contributed by atoms with E-state index in [1.807, 2.05) is 89.7 Å². The molecule has 0 atom stereocenters. The van der Waals surface area contributed by atoms with Crippen LogP contribution in [-0.2, 0) is 0 Å². The molecule has 0 aliphatic carbocycles. The summed E-state index contributed by atoms with van der Waals surface area (Å²) in [7, 11) is 1.65. The second kappa shape index (κ2) is 7.79. The number of methoxy groups -OCH3 is 1. The molecule has 0 aliphatic rings.